The van der Waals surface area contributed by atoms with Gasteiger partial charge in [-0.2, -0.15) is 0 Å². The highest BCUT2D eigenvalue weighted by Gasteiger charge is 2.49. The fraction of sp³-hybridized carbons (Fsp3) is 0.923. The average Bonchev–Trinajstić information content (AvgIpc) is 3.07. The summed E-state index contributed by atoms with van der Waals surface area (Å²) in [6.07, 6.45) is 3.10. The van der Waals surface area contributed by atoms with Crippen LogP contribution in [0.2, 0.25) is 0 Å². The van der Waals surface area contributed by atoms with Crippen LogP contribution < -0.4 is 5.73 Å². The van der Waals surface area contributed by atoms with Gasteiger partial charge in [0.1, 0.15) is 5.54 Å². The molecule has 0 aromatic rings. The second-order valence-corrected chi connectivity index (χ2v) is 6.10. The summed E-state index contributed by atoms with van der Waals surface area (Å²) >= 11 is 0. The van der Waals surface area contributed by atoms with Crippen LogP contribution in [0.25, 0.3) is 0 Å². The van der Waals surface area contributed by atoms with E-state index >= 15 is 0 Å². The lowest BCUT2D eigenvalue weighted by molar-refractivity contribution is -0.145. The van der Waals surface area contributed by atoms with Gasteiger partial charge in [0.15, 0.2) is 0 Å². The fourth-order valence-corrected chi connectivity index (χ4v) is 2.83. The Hall–Kier alpha value is -0.610. The van der Waals surface area contributed by atoms with Crippen LogP contribution in [-0.2, 0) is 4.79 Å². The second-order valence-electron chi connectivity index (χ2n) is 6.10. The number of nitrogens with two attached hydrogens (primary N) is 1. The van der Waals surface area contributed by atoms with Crippen LogP contribution in [0.5, 0.6) is 0 Å². The highest BCUT2D eigenvalue weighted by molar-refractivity contribution is 5.79. The van der Waals surface area contributed by atoms with Crippen molar-refractivity contribution < 1.29 is 9.90 Å². The molecule has 0 bridgehead atoms. The van der Waals surface area contributed by atoms with E-state index in [9.17, 15) is 9.90 Å². The van der Waals surface area contributed by atoms with Crippen molar-refractivity contribution in [3.63, 3.8) is 0 Å². The molecule has 0 radical (unpaired) electrons. The van der Waals surface area contributed by atoms with Gasteiger partial charge in [0, 0.05) is 13.1 Å². The van der Waals surface area contributed by atoms with Gasteiger partial charge in [-0.25, -0.2) is 0 Å². The molecule has 1 saturated heterocycles. The van der Waals surface area contributed by atoms with Crippen molar-refractivity contribution in [1.29, 1.82) is 0 Å². The van der Waals surface area contributed by atoms with Crippen LogP contribution in [0, 0.1) is 17.8 Å². The van der Waals surface area contributed by atoms with E-state index in [-0.39, 0.29) is 5.92 Å². The molecule has 0 aromatic heterocycles. The lowest BCUT2D eigenvalue weighted by Crippen LogP contribution is -2.59. The molecule has 98 valence electrons. The average molecular weight is 240 g/mol. The highest BCUT2D eigenvalue weighted by atomic mass is 16.4. The summed E-state index contributed by atoms with van der Waals surface area (Å²) in [4.78, 5) is 13.6. The monoisotopic (exact) mass is 240 g/mol. The summed E-state index contributed by atoms with van der Waals surface area (Å²) in [6.45, 7) is 7.01. The Labute approximate surface area is 103 Å². The Morgan fingerprint density at radius 2 is 2.00 bits per heavy atom. The zero-order chi connectivity index (χ0) is 12.6. The molecule has 2 aliphatic rings. The Kier molecular flexibility index (Phi) is 3.46. The number of piperidine rings is 1. The van der Waals surface area contributed by atoms with Crippen molar-refractivity contribution >= 4 is 5.97 Å². The SMILES string of the molecule is CC1CCN(CC(N)(C(=O)O)C2CC2)CC1C. The van der Waals surface area contributed by atoms with E-state index in [0.717, 1.165) is 38.3 Å². The fourth-order valence-electron chi connectivity index (χ4n) is 2.83. The number of rotatable bonds is 4. The molecular weight excluding hydrogens is 216 g/mol. The number of carbonyl (C=O) groups is 1. The van der Waals surface area contributed by atoms with Crippen LogP contribution in [-0.4, -0.2) is 41.1 Å². The number of carboxylic acid groups (broad SMARTS) is 1. The molecule has 17 heavy (non-hydrogen) atoms. The van der Waals surface area contributed by atoms with Gasteiger partial charge in [-0.3, -0.25) is 4.79 Å². The molecule has 1 aliphatic carbocycles. The van der Waals surface area contributed by atoms with Crippen LogP contribution >= 0.6 is 0 Å². The van der Waals surface area contributed by atoms with Crippen molar-refractivity contribution in [2.24, 2.45) is 23.5 Å². The van der Waals surface area contributed by atoms with Crippen LogP contribution in [0.1, 0.15) is 33.1 Å². The molecule has 4 nitrogen and oxygen atoms in total. The van der Waals surface area contributed by atoms with E-state index in [4.69, 9.17) is 5.73 Å². The minimum atomic E-state index is -1.01. The number of nitrogens with zero attached hydrogens (tertiary/aromatic N) is 1. The predicted octanol–water partition coefficient (Wildman–Crippen LogP) is 1.16. The standard InChI is InChI=1S/C13H24N2O2/c1-9-5-6-15(7-10(9)2)8-13(14,12(16)17)11-3-4-11/h9-11H,3-8,14H2,1-2H3,(H,16,17). The van der Waals surface area contributed by atoms with Crippen molar-refractivity contribution in [3.05, 3.63) is 0 Å². The molecule has 2 fully saturated rings. The van der Waals surface area contributed by atoms with Gasteiger partial charge in [0.2, 0.25) is 0 Å². The maximum Gasteiger partial charge on any atom is 0.325 e. The molecule has 2 rings (SSSR count). The first kappa shape index (κ1) is 12.8. The van der Waals surface area contributed by atoms with Crippen molar-refractivity contribution in [2.75, 3.05) is 19.6 Å². The number of hydrogen-bond donors (Lipinski definition) is 2. The maximum atomic E-state index is 11.4. The predicted molar refractivity (Wildman–Crippen MR) is 66.7 cm³/mol. The minimum absolute atomic E-state index is 0.189. The summed E-state index contributed by atoms with van der Waals surface area (Å²) in [6, 6.07) is 0. The quantitative estimate of drug-likeness (QED) is 0.774. The van der Waals surface area contributed by atoms with E-state index in [2.05, 4.69) is 18.7 Å². The molecule has 1 aliphatic heterocycles. The molecule has 0 spiro atoms. The molecular formula is C13H24N2O2. The minimum Gasteiger partial charge on any atom is -0.480 e. The van der Waals surface area contributed by atoms with Gasteiger partial charge in [-0.15, -0.1) is 0 Å². The molecule has 4 heteroatoms. The summed E-state index contributed by atoms with van der Waals surface area (Å²) in [5, 5.41) is 9.34. The molecule has 3 N–H and O–H groups in total. The van der Waals surface area contributed by atoms with Crippen molar-refractivity contribution in [2.45, 2.75) is 38.6 Å². The first-order chi connectivity index (χ1) is 7.93. The molecule has 1 saturated carbocycles. The van der Waals surface area contributed by atoms with Crippen LogP contribution in [0.3, 0.4) is 0 Å². The second kappa shape index (κ2) is 4.58. The van der Waals surface area contributed by atoms with E-state index in [1.54, 1.807) is 0 Å². The van der Waals surface area contributed by atoms with E-state index < -0.39 is 11.5 Å². The van der Waals surface area contributed by atoms with E-state index in [0.29, 0.717) is 12.5 Å². The highest BCUT2D eigenvalue weighted by Crippen LogP contribution is 2.39. The summed E-state index contributed by atoms with van der Waals surface area (Å²) in [5.41, 5.74) is 5.10. The molecule has 0 aromatic carbocycles. The number of carboxylic acids is 1. The number of aliphatic carboxylic acids is 1. The molecule has 3 atom stereocenters. The third kappa shape index (κ3) is 2.63. The molecule has 1 heterocycles. The topological polar surface area (TPSA) is 66.6 Å². The van der Waals surface area contributed by atoms with Gasteiger partial charge in [-0.05, 0) is 43.6 Å². The lowest BCUT2D eigenvalue weighted by Gasteiger charge is -2.39. The Morgan fingerprint density at radius 3 is 2.47 bits per heavy atom. The molecule has 0 amide bonds. The Bertz CT molecular complexity index is 304. The number of hydrogen-bond acceptors (Lipinski definition) is 3. The summed E-state index contributed by atoms with van der Waals surface area (Å²) < 4.78 is 0. The van der Waals surface area contributed by atoms with Gasteiger partial charge in [0.25, 0.3) is 0 Å². The third-order valence-corrected chi connectivity index (χ3v) is 4.61. The van der Waals surface area contributed by atoms with Gasteiger partial charge >= 0.3 is 5.97 Å². The van der Waals surface area contributed by atoms with Crippen LogP contribution in [0.15, 0.2) is 0 Å². The van der Waals surface area contributed by atoms with E-state index in [1.807, 2.05) is 0 Å². The maximum absolute atomic E-state index is 11.4. The van der Waals surface area contributed by atoms with Crippen molar-refractivity contribution in [1.82, 2.24) is 4.90 Å². The zero-order valence-electron chi connectivity index (χ0n) is 10.9. The smallest absolute Gasteiger partial charge is 0.325 e. The van der Waals surface area contributed by atoms with Crippen LogP contribution in [0.4, 0.5) is 0 Å². The number of likely N-dealkylation sites (tertiary alicyclic amines) is 1. The largest absolute Gasteiger partial charge is 0.480 e. The van der Waals surface area contributed by atoms with Crippen molar-refractivity contribution in [3.8, 4) is 0 Å². The Morgan fingerprint density at radius 1 is 1.35 bits per heavy atom. The molecule has 3 unspecified atom stereocenters. The summed E-state index contributed by atoms with van der Waals surface area (Å²) in [7, 11) is 0. The van der Waals surface area contributed by atoms with Gasteiger partial charge in [-0.1, -0.05) is 13.8 Å². The zero-order valence-corrected chi connectivity index (χ0v) is 10.9. The first-order valence-electron chi connectivity index (χ1n) is 6.68. The van der Waals surface area contributed by atoms with Gasteiger partial charge < -0.3 is 15.7 Å². The first-order valence-corrected chi connectivity index (χ1v) is 6.68. The lowest BCUT2D eigenvalue weighted by atomic mass is 9.86. The van der Waals surface area contributed by atoms with E-state index in [1.165, 1.54) is 0 Å². The van der Waals surface area contributed by atoms with Gasteiger partial charge in [0.05, 0.1) is 0 Å². The normalized spacial score (nSPS) is 34.3. The summed E-state index contributed by atoms with van der Waals surface area (Å²) in [5.74, 6) is 0.742. The third-order valence-electron chi connectivity index (χ3n) is 4.61. The Balaban J connectivity index is 1.97.